The van der Waals surface area contributed by atoms with E-state index >= 15 is 0 Å². The Morgan fingerprint density at radius 1 is 1.50 bits per heavy atom. The fraction of sp³-hybridized carbons (Fsp3) is 0.615. The molecule has 0 amide bonds. The Balaban J connectivity index is 2.48. The average molecular weight is 221 g/mol. The van der Waals surface area contributed by atoms with Gasteiger partial charge in [-0.1, -0.05) is 19.4 Å². The Labute approximate surface area is 98.5 Å². The third kappa shape index (κ3) is 4.09. The lowest BCUT2D eigenvalue weighted by molar-refractivity contribution is 0.600. The molecule has 0 radical (unpaired) electrons. The molecule has 0 fully saturated rings. The second-order valence-electron chi connectivity index (χ2n) is 4.08. The van der Waals surface area contributed by atoms with Crippen LogP contribution >= 0.6 is 0 Å². The first-order valence-electron chi connectivity index (χ1n) is 6.20. The molecule has 1 N–H and O–H groups in total. The van der Waals surface area contributed by atoms with E-state index < -0.39 is 0 Å². The van der Waals surface area contributed by atoms with Crippen LogP contribution in [0.3, 0.4) is 0 Å². The standard InChI is InChI=1S/C13H23N3/c1-4-7-9-12(8-5-2)15-13-10-14-16(6-3)11-13/h4,10-12,15H,1,5-9H2,2-3H3. The zero-order valence-electron chi connectivity index (χ0n) is 10.4. The summed E-state index contributed by atoms with van der Waals surface area (Å²) in [7, 11) is 0. The van der Waals surface area contributed by atoms with E-state index in [0.717, 1.165) is 25.1 Å². The molecule has 0 aliphatic heterocycles. The summed E-state index contributed by atoms with van der Waals surface area (Å²) in [4.78, 5) is 0. The van der Waals surface area contributed by atoms with Gasteiger partial charge in [0.05, 0.1) is 11.9 Å². The van der Waals surface area contributed by atoms with Gasteiger partial charge in [-0.15, -0.1) is 6.58 Å². The van der Waals surface area contributed by atoms with Crippen molar-refractivity contribution in [1.82, 2.24) is 9.78 Å². The van der Waals surface area contributed by atoms with Crippen LogP contribution < -0.4 is 5.32 Å². The Morgan fingerprint density at radius 2 is 2.31 bits per heavy atom. The summed E-state index contributed by atoms with van der Waals surface area (Å²) in [6, 6.07) is 0.539. The maximum Gasteiger partial charge on any atom is 0.0728 e. The van der Waals surface area contributed by atoms with Crippen LogP contribution in [0.4, 0.5) is 5.69 Å². The molecule has 16 heavy (non-hydrogen) atoms. The number of allylic oxidation sites excluding steroid dienone is 1. The molecular formula is C13H23N3. The Kier molecular flexibility index (Phi) is 5.68. The van der Waals surface area contributed by atoms with Gasteiger partial charge in [-0.3, -0.25) is 4.68 Å². The molecule has 3 heteroatoms. The lowest BCUT2D eigenvalue weighted by Gasteiger charge is -2.17. The van der Waals surface area contributed by atoms with Crippen LogP contribution in [0.2, 0.25) is 0 Å². The predicted octanol–water partition coefficient (Wildman–Crippen LogP) is 3.45. The number of anilines is 1. The normalized spacial score (nSPS) is 12.4. The molecule has 0 bridgehead atoms. The van der Waals surface area contributed by atoms with E-state index in [9.17, 15) is 0 Å². The second kappa shape index (κ2) is 7.09. The van der Waals surface area contributed by atoms with Gasteiger partial charge < -0.3 is 5.32 Å². The molecule has 1 unspecified atom stereocenters. The number of nitrogens with zero attached hydrogens (tertiary/aromatic N) is 2. The predicted molar refractivity (Wildman–Crippen MR) is 69.7 cm³/mol. The molecule has 1 heterocycles. The summed E-state index contributed by atoms with van der Waals surface area (Å²) in [6.07, 6.45) is 10.6. The summed E-state index contributed by atoms with van der Waals surface area (Å²) in [5, 5.41) is 7.80. The van der Waals surface area contributed by atoms with Crippen LogP contribution in [0.15, 0.2) is 25.0 Å². The van der Waals surface area contributed by atoms with Gasteiger partial charge in [0.25, 0.3) is 0 Å². The van der Waals surface area contributed by atoms with Crippen molar-refractivity contribution in [2.75, 3.05) is 5.32 Å². The molecule has 0 aliphatic carbocycles. The van der Waals surface area contributed by atoms with Gasteiger partial charge in [0, 0.05) is 18.8 Å². The van der Waals surface area contributed by atoms with E-state index in [1.807, 2.05) is 17.0 Å². The highest BCUT2D eigenvalue weighted by Crippen LogP contribution is 2.13. The maximum atomic E-state index is 4.26. The number of rotatable bonds is 8. The summed E-state index contributed by atoms with van der Waals surface area (Å²) >= 11 is 0. The Morgan fingerprint density at radius 3 is 2.88 bits per heavy atom. The van der Waals surface area contributed by atoms with Crippen LogP contribution in [0.5, 0.6) is 0 Å². The Hall–Kier alpha value is -1.25. The van der Waals surface area contributed by atoms with Crippen molar-refractivity contribution < 1.29 is 0 Å². The maximum absolute atomic E-state index is 4.26. The van der Waals surface area contributed by atoms with Crippen molar-refractivity contribution in [3.8, 4) is 0 Å². The van der Waals surface area contributed by atoms with E-state index in [1.165, 1.54) is 12.8 Å². The average Bonchev–Trinajstić information content (AvgIpc) is 2.74. The molecule has 1 aromatic heterocycles. The van der Waals surface area contributed by atoms with Crippen LogP contribution in [0, 0.1) is 0 Å². The minimum Gasteiger partial charge on any atom is -0.380 e. The van der Waals surface area contributed by atoms with Crippen molar-refractivity contribution in [1.29, 1.82) is 0 Å². The van der Waals surface area contributed by atoms with Crippen LogP contribution in [-0.2, 0) is 6.54 Å². The SMILES string of the molecule is C=CCCC(CCC)Nc1cnn(CC)c1. The first-order valence-corrected chi connectivity index (χ1v) is 6.20. The largest absolute Gasteiger partial charge is 0.380 e. The minimum absolute atomic E-state index is 0.539. The number of hydrogen-bond donors (Lipinski definition) is 1. The summed E-state index contributed by atoms with van der Waals surface area (Å²) in [5.74, 6) is 0. The van der Waals surface area contributed by atoms with Crippen molar-refractivity contribution in [3.05, 3.63) is 25.0 Å². The van der Waals surface area contributed by atoms with Gasteiger partial charge in [0.1, 0.15) is 0 Å². The van der Waals surface area contributed by atoms with E-state index in [2.05, 4.69) is 37.0 Å². The molecule has 0 aromatic carbocycles. The zero-order valence-corrected chi connectivity index (χ0v) is 10.4. The number of aromatic nitrogens is 2. The summed E-state index contributed by atoms with van der Waals surface area (Å²) in [5.41, 5.74) is 1.13. The molecule has 0 saturated carbocycles. The lowest BCUT2D eigenvalue weighted by Crippen LogP contribution is -2.18. The van der Waals surface area contributed by atoms with E-state index in [4.69, 9.17) is 0 Å². The lowest BCUT2D eigenvalue weighted by atomic mass is 10.1. The smallest absolute Gasteiger partial charge is 0.0728 e. The van der Waals surface area contributed by atoms with Crippen LogP contribution in [0.1, 0.15) is 39.5 Å². The Bertz CT molecular complexity index is 304. The van der Waals surface area contributed by atoms with Crippen molar-refractivity contribution in [2.45, 2.75) is 52.1 Å². The highest BCUT2D eigenvalue weighted by atomic mass is 15.3. The van der Waals surface area contributed by atoms with E-state index in [-0.39, 0.29) is 0 Å². The molecule has 0 saturated heterocycles. The molecule has 3 nitrogen and oxygen atoms in total. The monoisotopic (exact) mass is 221 g/mol. The van der Waals surface area contributed by atoms with Gasteiger partial charge in [-0.25, -0.2) is 0 Å². The summed E-state index contributed by atoms with van der Waals surface area (Å²) in [6.45, 7) is 9.01. The molecule has 0 spiro atoms. The van der Waals surface area contributed by atoms with Crippen molar-refractivity contribution in [2.24, 2.45) is 0 Å². The number of aryl methyl sites for hydroxylation is 1. The third-order valence-corrected chi connectivity index (χ3v) is 2.68. The second-order valence-corrected chi connectivity index (χ2v) is 4.08. The fourth-order valence-corrected chi connectivity index (χ4v) is 1.80. The highest BCUT2D eigenvalue weighted by molar-refractivity contribution is 5.39. The topological polar surface area (TPSA) is 29.9 Å². The van der Waals surface area contributed by atoms with Crippen LogP contribution in [0.25, 0.3) is 0 Å². The quantitative estimate of drug-likeness (QED) is 0.681. The van der Waals surface area contributed by atoms with E-state index in [0.29, 0.717) is 6.04 Å². The third-order valence-electron chi connectivity index (χ3n) is 2.68. The molecule has 1 rings (SSSR count). The fourth-order valence-electron chi connectivity index (χ4n) is 1.80. The molecule has 1 atom stereocenters. The highest BCUT2D eigenvalue weighted by Gasteiger charge is 2.07. The first kappa shape index (κ1) is 12.8. The van der Waals surface area contributed by atoms with Gasteiger partial charge in [0.2, 0.25) is 0 Å². The minimum atomic E-state index is 0.539. The van der Waals surface area contributed by atoms with Gasteiger partial charge in [-0.05, 0) is 26.2 Å². The molecular weight excluding hydrogens is 198 g/mol. The molecule has 90 valence electrons. The van der Waals surface area contributed by atoms with Gasteiger partial charge >= 0.3 is 0 Å². The van der Waals surface area contributed by atoms with Gasteiger partial charge in [0.15, 0.2) is 0 Å². The number of hydrogen-bond acceptors (Lipinski definition) is 2. The van der Waals surface area contributed by atoms with E-state index in [1.54, 1.807) is 0 Å². The first-order chi connectivity index (χ1) is 7.80. The summed E-state index contributed by atoms with van der Waals surface area (Å²) < 4.78 is 1.94. The van der Waals surface area contributed by atoms with Gasteiger partial charge in [-0.2, -0.15) is 5.10 Å². The number of nitrogens with one attached hydrogen (secondary N) is 1. The van der Waals surface area contributed by atoms with Crippen molar-refractivity contribution >= 4 is 5.69 Å². The molecule has 1 aromatic rings. The molecule has 0 aliphatic rings. The zero-order chi connectivity index (χ0) is 11.8. The van der Waals surface area contributed by atoms with Crippen LogP contribution in [-0.4, -0.2) is 15.8 Å². The van der Waals surface area contributed by atoms with Crippen molar-refractivity contribution in [3.63, 3.8) is 0 Å².